The zero-order valence-electron chi connectivity index (χ0n) is 41.3. The van der Waals surface area contributed by atoms with Gasteiger partial charge in [0.1, 0.15) is 13.2 Å². The van der Waals surface area contributed by atoms with E-state index in [4.69, 9.17) is 14.2 Å². The van der Waals surface area contributed by atoms with Crippen molar-refractivity contribution in [1.29, 1.82) is 0 Å². The summed E-state index contributed by atoms with van der Waals surface area (Å²) in [6.07, 6.45) is 64.4. The van der Waals surface area contributed by atoms with Gasteiger partial charge >= 0.3 is 17.9 Å². The van der Waals surface area contributed by atoms with E-state index in [0.29, 0.717) is 19.3 Å². The molecule has 0 fully saturated rings. The quantitative estimate of drug-likeness (QED) is 0.0262. The Labute approximate surface area is 389 Å². The number of esters is 3. The van der Waals surface area contributed by atoms with Crippen LogP contribution in [0.1, 0.15) is 252 Å². The Kier molecular flexibility index (Phi) is 48.9. The summed E-state index contributed by atoms with van der Waals surface area (Å²) in [5.41, 5.74) is 0. The number of hydrogen-bond donors (Lipinski definition) is 0. The molecular formula is C57H98O6. The zero-order chi connectivity index (χ0) is 45.8. The highest BCUT2D eigenvalue weighted by Crippen LogP contribution is 2.13. The molecule has 0 radical (unpaired) electrons. The van der Waals surface area contributed by atoms with Gasteiger partial charge < -0.3 is 14.2 Å². The summed E-state index contributed by atoms with van der Waals surface area (Å²) in [6.45, 7) is 6.52. The van der Waals surface area contributed by atoms with Gasteiger partial charge in [0.05, 0.1) is 0 Å². The van der Waals surface area contributed by atoms with Gasteiger partial charge in [-0.1, -0.05) is 190 Å². The maximum absolute atomic E-state index is 12.8. The molecule has 63 heavy (non-hydrogen) atoms. The van der Waals surface area contributed by atoms with Crippen LogP contribution in [0.4, 0.5) is 0 Å². The second-order valence-corrected chi connectivity index (χ2v) is 17.4. The lowest BCUT2D eigenvalue weighted by Gasteiger charge is -2.18. The summed E-state index contributed by atoms with van der Waals surface area (Å²) in [6, 6.07) is 0. The lowest BCUT2D eigenvalue weighted by atomic mass is 10.1. The number of rotatable bonds is 47. The van der Waals surface area contributed by atoms with Crippen molar-refractivity contribution in [2.75, 3.05) is 13.2 Å². The van der Waals surface area contributed by atoms with Crippen LogP contribution >= 0.6 is 0 Å². The van der Waals surface area contributed by atoms with Crippen LogP contribution in [-0.4, -0.2) is 37.2 Å². The van der Waals surface area contributed by atoms with Crippen molar-refractivity contribution < 1.29 is 28.6 Å². The molecule has 0 heterocycles. The highest BCUT2D eigenvalue weighted by molar-refractivity contribution is 5.71. The van der Waals surface area contributed by atoms with Crippen molar-refractivity contribution in [3.05, 3.63) is 72.9 Å². The number of ether oxygens (including phenoxy) is 3. The Morgan fingerprint density at radius 3 is 0.873 bits per heavy atom. The SMILES string of the molecule is CCCCC/C=C/C/C=C\CCCCCCCC(=O)OCC(COC(=O)CCCCCCC/C=C/C/C=C/CCCCC)OC(=O)CCCCCCC/C=C\C/C=C/CCCCC. The Hall–Kier alpha value is -3.15. The first-order valence-corrected chi connectivity index (χ1v) is 26.4. The maximum Gasteiger partial charge on any atom is 0.306 e. The Morgan fingerprint density at radius 1 is 0.317 bits per heavy atom. The average molecular weight is 879 g/mol. The molecule has 0 spiro atoms. The summed E-state index contributed by atoms with van der Waals surface area (Å²) in [7, 11) is 0. The standard InChI is InChI=1S/C57H98O6/c1-4-7-10-13-16-19-22-25-28-31-34-37-40-43-46-49-55(58)61-52-54(63-57(60)51-48-45-42-39-36-33-30-27-24-21-18-15-12-9-6-3)53-62-56(59)50-47-44-41-38-35-32-29-26-23-20-17-14-11-8-5-2/h16-21,25-30,54H,4-15,22-24,31-53H2,1-3H3/b19-16+,20-17+,21-18+,28-25-,29-26+,30-27-. The summed E-state index contributed by atoms with van der Waals surface area (Å²) >= 11 is 0. The van der Waals surface area contributed by atoms with Crippen molar-refractivity contribution in [2.45, 2.75) is 258 Å². The van der Waals surface area contributed by atoms with Gasteiger partial charge in [0.15, 0.2) is 6.10 Å². The minimum absolute atomic E-state index is 0.0933. The van der Waals surface area contributed by atoms with Crippen LogP contribution in [0.25, 0.3) is 0 Å². The molecule has 0 aliphatic rings. The zero-order valence-corrected chi connectivity index (χ0v) is 41.3. The third-order valence-corrected chi connectivity index (χ3v) is 11.2. The number of unbranched alkanes of at least 4 members (excludes halogenated alkanes) is 24. The van der Waals surface area contributed by atoms with E-state index < -0.39 is 6.10 Å². The molecule has 1 unspecified atom stereocenters. The lowest BCUT2D eigenvalue weighted by molar-refractivity contribution is -0.167. The fraction of sp³-hybridized carbons (Fsp3) is 0.737. The van der Waals surface area contributed by atoms with Gasteiger partial charge in [-0.15, -0.1) is 0 Å². The molecule has 0 amide bonds. The van der Waals surface area contributed by atoms with Crippen LogP contribution in [0.15, 0.2) is 72.9 Å². The highest BCUT2D eigenvalue weighted by atomic mass is 16.6. The van der Waals surface area contributed by atoms with Crippen molar-refractivity contribution in [2.24, 2.45) is 0 Å². The number of carbonyl (C=O) groups excluding carboxylic acids is 3. The Morgan fingerprint density at radius 2 is 0.571 bits per heavy atom. The van der Waals surface area contributed by atoms with Crippen LogP contribution < -0.4 is 0 Å². The predicted molar refractivity (Wildman–Crippen MR) is 270 cm³/mol. The molecule has 0 aliphatic heterocycles. The highest BCUT2D eigenvalue weighted by Gasteiger charge is 2.19. The summed E-state index contributed by atoms with van der Waals surface area (Å²) in [5, 5.41) is 0. The smallest absolute Gasteiger partial charge is 0.306 e. The van der Waals surface area contributed by atoms with Gasteiger partial charge in [-0.05, 0) is 116 Å². The van der Waals surface area contributed by atoms with E-state index in [1.807, 2.05) is 0 Å². The first kappa shape index (κ1) is 59.9. The molecule has 0 aromatic rings. The van der Waals surface area contributed by atoms with Gasteiger partial charge in [-0.25, -0.2) is 0 Å². The van der Waals surface area contributed by atoms with Crippen molar-refractivity contribution in [3.8, 4) is 0 Å². The molecule has 1 atom stereocenters. The van der Waals surface area contributed by atoms with Gasteiger partial charge in [0.2, 0.25) is 0 Å². The van der Waals surface area contributed by atoms with Crippen LogP contribution in [0.5, 0.6) is 0 Å². The van der Waals surface area contributed by atoms with E-state index in [1.54, 1.807) is 0 Å². The fourth-order valence-electron chi connectivity index (χ4n) is 7.12. The van der Waals surface area contributed by atoms with E-state index in [0.717, 1.165) is 135 Å². The monoisotopic (exact) mass is 879 g/mol. The molecule has 0 saturated heterocycles. The first-order chi connectivity index (χ1) is 31.0. The van der Waals surface area contributed by atoms with Crippen LogP contribution in [0.3, 0.4) is 0 Å². The van der Waals surface area contributed by atoms with E-state index in [2.05, 4.69) is 93.7 Å². The van der Waals surface area contributed by atoms with Gasteiger partial charge in [0.25, 0.3) is 0 Å². The van der Waals surface area contributed by atoms with Crippen LogP contribution in [0.2, 0.25) is 0 Å². The molecule has 0 saturated carbocycles. The first-order valence-electron chi connectivity index (χ1n) is 26.4. The topological polar surface area (TPSA) is 78.9 Å². The summed E-state index contributed by atoms with van der Waals surface area (Å²) in [4.78, 5) is 38.0. The molecule has 0 aromatic heterocycles. The van der Waals surface area contributed by atoms with Gasteiger partial charge in [-0.3, -0.25) is 14.4 Å². The molecule has 0 bridgehead atoms. The largest absolute Gasteiger partial charge is 0.462 e. The normalized spacial score (nSPS) is 12.6. The molecule has 6 nitrogen and oxygen atoms in total. The molecule has 0 aliphatic carbocycles. The van der Waals surface area contributed by atoms with Crippen LogP contribution in [0, 0.1) is 0 Å². The number of allylic oxidation sites excluding steroid dienone is 12. The van der Waals surface area contributed by atoms with Crippen LogP contribution in [-0.2, 0) is 28.6 Å². The van der Waals surface area contributed by atoms with E-state index in [9.17, 15) is 14.4 Å². The lowest BCUT2D eigenvalue weighted by Crippen LogP contribution is -2.30. The minimum Gasteiger partial charge on any atom is -0.462 e. The van der Waals surface area contributed by atoms with E-state index in [-0.39, 0.29) is 31.1 Å². The molecule has 6 heteroatoms. The predicted octanol–water partition coefficient (Wildman–Crippen LogP) is 17.4. The maximum atomic E-state index is 12.8. The third kappa shape index (κ3) is 49.7. The minimum atomic E-state index is -0.794. The second-order valence-electron chi connectivity index (χ2n) is 17.4. The fourth-order valence-corrected chi connectivity index (χ4v) is 7.12. The van der Waals surface area contributed by atoms with Crippen molar-refractivity contribution in [1.82, 2.24) is 0 Å². The summed E-state index contributed by atoms with van der Waals surface area (Å²) < 4.78 is 16.8. The van der Waals surface area contributed by atoms with Crippen molar-refractivity contribution >= 4 is 17.9 Å². The number of hydrogen-bond acceptors (Lipinski definition) is 6. The van der Waals surface area contributed by atoms with Crippen molar-refractivity contribution in [3.63, 3.8) is 0 Å². The molecule has 0 rings (SSSR count). The van der Waals surface area contributed by atoms with Gasteiger partial charge in [-0.2, -0.15) is 0 Å². The molecule has 362 valence electrons. The third-order valence-electron chi connectivity index (χ3n) is 11.2. The molecule has 0 aromatic carbocycles. The Bertz CT molecular complexity index is 1130. The van der Waals surface area contributed by atoms with E-state index in [1.165, 1.54) is 77.0 Å². The summed E-state index contributed by atoms with van der Waals surface area (Å²) in [5.74, 6) is -0.931. The number of carbonyl (C=O) groups is 3. The Balaban J connectivity index is 4.46. The average Bonchev–Trinajstić information content (AvgIpc) is 3.28. The molecule has 0 N–H and O–H groups in total. The van der Waals surface area contributed by atoms with Gasteiger partial charge in [0, 0.05) is 19.3 Å². The second kappa shape index (κ2) is 51.5. The molecular weight excluding hydrogens is 781 g/mol. The van der Waals surface area contributed by atoms with E-state index >= 15 is 0 Å².